The van der Waals surface area contributed by atoms with Gasteiger partial charge < -0.3 is 14.2 Å². The number of sulfonamides is 1. The first kappa shape index (κ1) is 16.3. The van der Waals surface area contributed by atoms with E-state index in [1.165, 1.54) is 38.4 Å². The van der Waals surface area contributed by atoms with Crippen molar-refractivity contribution in [1.82, 2.24) is 4.31 Å². The van der Waals surface area contributed by atoms with Crippen molar-refractivity contribution in [3.63, 3.8) is 0 Å². The zero-order chi connectivity index (χ0) is 17.3. The molecule has 1 aliphatic heterocycles. The number of hydrogen-bond acceptors (Lipinski definition) is 6. The molecule has 0 saturated heterocycles. The van der Waals surface area contributed by atoms with Gasteiger partial charge in [-0.25, -0.2) is 17.5 Å². The van der Waals surface area contributed by atoms with Crippen molar-refractivity contribution in [3.8, 4) is 17.2 Å². The van der Waals surface area contributed by atoms with Crippen LogP contribution in [0, 0.1) is 0 Å². The summed E-state index contributed by atoms with van der Waals surface area (Å²) in [6.07, 6.45) is 0. The van der Waals surface area contributed by atoms with Crippen LogP contribution in [-0.4, -0.2) is 39.6 Å². The maximum absolute atomic E-state index is 12.2. The van der Waals surface area contributed by atoms with E-state index in [4.69, 9.17) is 14.2 Å². The van der Waals surface area contributed by atoms with Crippen molar-refractivity contribution in [3.05, 3.63) is 48.0 Å². The molecule has 0 bridgehead atoms. The van der Waals surface area contributed by atoms with Gasteiger partial charge in [-0.3, -0.25) is 0 Å². The summed E-state index contributed by atoms with van der Waals surface area (Å²) < 4.78 is 40.8. The van der Waals surface area contributed by atoms with Crippen molar-refractivity contribution in [2.75, 3.05) is 20.9 Å². The molecule has 0 aliphatic carbocycles. The molecule has 0 atom stereocenters. The highest BCUT2D eigenvalue weighted by Crippen LogP contribution is 2.35. The Balaban J connectivity index is 1.76. The Labute approximate surface area is 139 Å². The van der Waals surface area contributed by atoms with Crippen molar-refractivity contribution < 1.29 is 27.4 Å². The summed E-state index contributed by atoms with van der Waals surface area (Å²) in [5.74, 6) is 0.817. The van der Waals surface area contributed by atoms with Crippen LogP contribution in [0.2, 0.25) is 0 Å². The van der Waals surface area contributed by atoms with Crippen LogP contribution in [0.3, 0.4) is 0 Å². The molecule has 0 radical (unpaired) electrons. The molecular formula is C16H15NO6S. The van der Waals surface area contributed by atoms with Crippen molar-refractivity contribution >= 4 is 16.0 Å². The maximum atomic E-state index is 12.2. The highest BCUT2D eigenvalue weighted by Gasteiger charge is 2.19. The fourth-order valence-corrected chi connectivity index (χ4v) is 2.98. The Bertz CT molecular complexity index is 874. The van der Waals surface area contributed by atoms with Crippen LogP contribution in [0.1, 0.15) is 10.4 Å². The number of esters is 1. The van der Waals surface area contributed by atoms with Gasteiger partial charge in [0.05, 0.1) is 10.5 Å². The fourth-order valence-electron chi connectivity index (χ4n) is 2.08. The van der Waals surface area contributed by atoms with E-state index in [0.29, 0.717) is 17.2 Å². The topological polar surface area (TPSA) is 82.1 Å². The summed E-state index contributed by atoms with van der Waals surface area (Å²) >= 11 is 0. The van der Waals surface area contributed by atoms with Gasteiger partial charge in [0.1, 0.15) is 5.75 Å². The molecule has 126 valence electrons. The van der Waals surface area contributed by atoms with E-state index in [9.17, 15) is 13.2 Å². The van der Waals surface area contributed by atoms with Crippen LogP contribution in [0.4, 0.5) is 0 Å². The standard InChI is InChI=1S/C16H15NO6S/c1-17(2)24(19,20)13-6-3-11(4-7-13)16(18)23-12-5-8-14-15(9-12)22-10-21-14/h3-9H,10H2,1-2H3. The lowest BCUT2D eigenvalue weighted by Gasteiger charge is -2.11. The summed E-state index contributed by atoms with van der Waals surface area (Å²) in [5, 5.41) is 0. The molecular weight excluding hydrogens is 334 g/mol. The molecule has 3 rings (SSSR count). The first-order valence-electron chi connectivity index (χ1n) is 7.02. The minimum atomic E-state index is -3.53. The summed E-state index contributed by atoms with van der Waals surface area (Å²) in [7, 11) is -0.651. The maximum Gasteiger partial charge on any atom is 0.343 e. The van der Waals surface area contributed by atoms with Gasteiger partial charge in [0.2, 0.25) is 16.8 Å². The van der Waals surface area contributed by atoms with Crippen LogP contribution in [0.25, 0.3) is 0 Å². The smallest absolute Gasteiger partial charge is 0.343 e. The van der Waals surface area contributed by atoms with Crippen LogP contribution < -0.4 is 14.2 Å². The molecule has 1 heterocycles. The largest absolute Gasteiger partial charge is 0.454 e. The van der Waals surface area contributed by atoms with E-state index < -0.39 is 16.0 Å². The SMILES string of the molecule is CN(C)S(=O)(=O)c1ccc(C(=O)Oc2ccc3c(c2)OCO3)cc1. The number of fused-ring (bicyclic) bond motifs is 1. The van der Waals surface area contributed by atoms with Crippen molar-refractivity contribution in [2.45, 2.75) is 4.90 Å². The first-order valence-corrected chi connectivity index (χ1v) is 8.46. The lowest BCUT2D eigenvalue weighted by atomic mass is 10.2. The minimum Gasteiger partial charge on any atom is -0.454 e. The lowest BCUT2D eigenvalue weighted by Crippen LogP contribution is -2.22. The van der Waals surface area contributed by atoms with Gasteiger partial charge in [-0.15, -0.1) is 0 Å². The third-order valence-electron chi connectivity index (χ3n) is 3.42. The Hall–Kier alpha value is -2.58. The third kappa shape index (κ3) is 3.06. The van der Waals surface area contributed by atoms with E-state index in [0.717, 1.165) is 4.31 Å². The second kappa shape index (κ2) is 6.14. The zero-order valence-electron chi connectivity index (χ0n) is 13.1. The molecule has 0 fully saturated rings. The van der Waals surface area contributed by atoms with Crippen LogP contribution in [0.15, 0.2) is 47.4 Å². The molecule has 0 saturated carbocycles. The number of hydrogen-bond donors (Lipinski definition) is 0. The Kier molecular flexibility index (Phi) is 4.16. The Morgan fingerprint density at radius 1 is 1.04 bits per heavy atom. The average Bonchev–Trinajstić information content (AvgIpc) is 3.02. The zero-order valence-corrected chi connectivity index (χ0v) is 13.9. The summed E-state index contributed by atoms with van der Waals surface area (Å²) in [6.45, 7) is 0.133. The Morgan fingerprint density at radius 3 is 2.38 bits per heavy atom. The van der Waals surface area contributed by atoms with E-state index in [1.54, 1.807) is 18.2 Å². The van der Waals surface area contributed by atoms with Crippen LogP contribution in [-0.2, 0) is 10.0 Å². The second-order valence-corrected chi connectivity index (χ2v) is 7.37. The fraction of sp³-hybridized carbons (Fsp3) is 0.188. The van der Waals surface area contributed by atoms with Gasteiger partial charge in [-0.05, 0) is 36.4 Å². The molecule has 1 aliphatic rings. The highest BCUT2D eigenvalue weighted by atomic mass is 32.2. The van der Waals surface area contributed by atoms with Gasteiger partial charge >= 0.3 is 5.97 Å². The predicted molar refractivity (Wildman–Crippen MR) is 84.8 cm³/mol. The summed E-state index contributed by atoms with van der Waals surface area (Å²) in [4.78, 5) is 12.3. The van der Waals surface area contributed by atoms with Gasteiger partial charge in [0.25, 0.3) is 0 Å². The van der Waals surface area contributed by atoms with E-state index in [1.807, 2.05) is 0 Å². The third-order valence-corrected chi connectivity index (χ3v) is 5.25. The van der Waals surface area contributed by atoms with Crippen LogP contribution >= 0.6 is 0 Å². The number of nitrogens with zero attached hydrogens (tertiary/aromatic N) is 1. The number of carbonyl (C=O) groups is 1. The number of carbonyl (C=O) groups excluding carboxylic acids is 1. The summed E-state index contributed by atoms with van der Waals surface area (Å²) in [6, 6.07) is 10.4. The van der Waals surface area contributed by atoms with E-state index in [2.05, 4.69) is 0 Å². The first-order chi connectivity index (χ1) is 11.4. The number of ether oxygens (including phenoxy) is 3. The lowest BCUT2D eigenvalue weighted by molar-refractivity contribution is 0.0734. The molecule has 0 unspecified atom stereocenters. The highest BCUT2D eigenvalue weighted by molar-refractivity contribution is 7.89. The molecule has 0 spiro atoms. The number of rotatable bonds is 4. The van der Waals surface area contributed by atoms with Crippen molar-refractivity contribution in [1.29, 1.82) is 0 Å². The second-order valence-electron chi connectivity index (χ2n) is 5.22. The molecule has 0 aromatic heterocycles. The molecule has 24 heavy (non-hydrogen) atoms. The minimum absolute atomic E-state index is 0.104. The quantitative estimate of drug-likeness (QED) is 0.619. The Morgan fingerprint density at radius 2 is 1.71 bits per heavy atom. The summed E-state index contributed by atoms with van der Waals surface area (Å²) in [5.41, 5.74) is 0.241. The van der Waals surface area contributed by atoms with Crippen molar-refractivity contribution in [2.24, 2.45) is 0 Å². The molecule has 2 aromatic rings. The average molecular weight is 349 g/mol. The monoisotopic (exact) mass is 349 g/mol. The molecule has 0 amide bonds. The normalized spacial score (nSPS) is 13.1. The molecule has 0 N–H and O–H groups in total. The molecule has 2 aromatic carbocycles. The van der Waals surface area contributed by atoms with E-state index >= 15 is 0 Å². The van der Waals surface area contributed by atoms with Gasteiger partial charge in [0, 0.05) is 20.2 Å². The van der Waals surface area contributed by atoms with Crippen LogP contribution in [0.5, 0.6) is 17.2 Å². The van der Waals surface area contributed by atoms with Gasteiger partial charge in [-0.1, -0.05) is 0 Å². The van der Waals surface area contributed by atoms with Gasteiger partial charge in [-0.2, -0.15) is 0 Å². The molecule has 8 heteroatoms. The predicted octanol–water partition coefficient (Wildman–Crippen LogP) is 1.88. The molecule has 7 nitrogen and oxygen atoms in total. The number of benzene rings is 2. The van der Waals surface area contributed by atoms with E-state index in [-0.39, 0.29) is 17.3 Å². The van der Waals surface area contributed by atoms with Gasteiger partial charge in [0.15, 0.2) is 11.5 Å².